The lowest BCUT2D eigenvalue weighted by atomic mass is 10.0. The van der Waals surface area contributed by atoms with Gasteiger partial charge in [0.15, 0.2) is 6.10 Å². The minimum atomic E-state index is -0.803. The van der Waals surface area contributed by atoms with E-state index in [4.69, 9.17) is 14.2 Å². The first kappa shape index (κ1) is 61.6. The van der Waals surface area contributed by atoms with Crippen molar-refractivity contribution in [2.45, 2.75) is 258 Å². The van der Waals surface area contributed by atoms with Crippen molar-refractivity contribution in [2.75, 3.05) is 13.2 Å². The van der Waals surface area contributed by atoms with E-state index in [0.717, 1.165) is 103 Å². The van der Waals surface area contributed by atoms with E-state index in [0.29, 0.717) is 19.3 Å². The average Bonchev–Trinajstić information content (AvgIpc) is 3.30. The zero-order valence-corrected chi connectivity index (χ0v) is 42.5. The van der Waals surface area contributed by atoms with E-state index < -0.39 is 6.10 Å². The van der Waals surface area contributed by atoms with Crippen LogP contribution in [-0.2, 0) is 28.6 Å². The van der Waals surface area contributed by atoms with Crippen molar-refractivity contribution in [2.24, 2.45) is 0 Å². The van der Waals surface area contributed by atoms with Crippen molar-refractivity contribution in [3.8, 4) is 0 Å². The molecule has 1 atom stereocenters. The van der Waals surface area contributed by atoms with Gasteiger partial charge in [0.2, 0.25) is 0 Å². The number of unbranched alkanes of at least 4 members (excludes halogenated alkanes) is 23. The van der Waals surface area contributed by atoms with Crippen LogP contribution in [0, 0.1) is 0 Å². The highest BCUT2D eigenvalue weighted by atomic mass is 16.6. The Labute approximate surface area is 401 Å². The molecule has 6 heteroatoms. The topological polar surface area (TPSA) is 78.9 Å². The summed E-state index contributed by atoms with van der Waals surface area (Å²) in [6.07, 6.45) is 68.6. The predicted molar refractivity (Wildman–Crippen MR) is 279 cm³/mol. The molecule has 0 spiro atoms. The molecule has 0 aliphatic carbocycles. The number of hydrogen-bond donors (Lipinski definition) is 0. The third-order valence-electron chi connectivity index (χ3n) is 11.4. The molecule has 0 rings (SSSR count). The van der Waals surface area contributed by atoms with Crippen LogP contribution in [0.5, 0.6) is 0 Å². The van der Waals surface area contributed by atoms with Crippen molar-refractivity contribution in [1.29, 1.82) is 0 Å². The Hall–Kier alpha value is -3.41. The van der Waals surface area contributed by atoms with Crippen LogP contribution in [0.4, 0.5) is 0 Å². The van der Waals surface area contributed by atoms with Gasteiger partial charge in [0, 0.05) is 19.3 Å². The second-order valence-corrected chi connectivity index (χ2v) is 17.8. The van der Waals surface area contributed by atoms with Crippen LogP contribution in [0.15, 0.2) is 85.1 Å². The van der Waals surface area contributed by atoms with Crippen LogP contribution in [0.1, 0.15) is 252 Å². The van der Waals surface area contributed by atoms with Crippen molar-refractivity contribution < 1.29 is 28.6 Å². The number of carbonyl (C=O) groups is 3. The second-order valence-electron chi connectivity index (χ2n) is 17.8. The Morgan fingerprint density at radius 2 is 0.631 bits per heavy atom. The fraction of sp³-hybridized carbons (Fsp3) is 0.712. The van der Waals surface area contributed by atoms with Gasteiger partial charge in [-0.2, -0.15) is 0 Å². The number of ether oxygens (including phenoxy) is 3. The van der Waals surface area contributed by atoms with Gasteiger partial charge in [-0.3, -0.25) is 14.4 Å². The lowest BCUT2D eigenvalue weighted by Crippen LogP contribution is -2.30. The lowest BCUT2D eigenvalue weighted by molar-refractivity contribution is -0.167. The Morgan fingerprint density at radius 1 is 0.323 bits per heavy atom. The summed E-state index contributed by atoms with van der Waals surface area (Å²) in [4.78, 5) is 38.0. The maximum absolute atomic E-state index is 12.8. The van der Waals surface area contributed by atoms with Gasteiger partial charge in [-0.05, 0) is 83.5 Å². The zero-order chi connectivity index (χ0) is 47.2. The molecule has 0 unspecified atom stereocenters. The van der Waals surface area contributed by atoms with E-state index in [1.54, 1.807) is 0 Å². The first-order valence-electron chi connectivity index (χ1n) is 27.1. The summed E-state index contributed by atoms with van der Waals surface area (Å²) < 4.78 is 16.8. The highest BCUT2D eigenvalue weighted by Gasteiger charge is 2.19. The van der Waals surface area contributed by atoms with Gasteiger partial charge in [-0.1, -0.05) is 234 Å². The Bertz CT molecular complexity index is 1270. The number of hydrogen-bond acceptors (Lipinski definition) is 6. The fourth-order valence-electron chi connectivity index (χ4n) is 7.32. The summed E-state index contributed by atoms with van der Waals surface area (Å²) in [7, 11) is 0. The van der Waals surface area contributed by atoms with E-state index in [9.17, 15) is 14.4 Å². The maximum Gasteiger partial charge on any atom is 0.306 e. The number of carbonyl (C=O) groups excluding carboxylic acids is 3. The Kier molecular flexibility index (Phi) is 50.4. The monoisotopic (exact) mass is 905 g/mol. The lowest BCUT2D eigenvalue weighted by Gasteiger charge is -2.18. The quantitative estimate of drug-likeness (QED) is 0.0262. The molecule has 372 valence electrons. The summed E-state index contributed by atoms with van der Waals surface area (Å²) in [5, 5.41) is 0. The van der Waals surface area contributed by atoms with Crippen LogP contribution in [0.25, 0.3) is 0 Å². The SMILES string of the molecule is CC/C=C\C/C=C\C/C=C\C/C=C\C/C=C\CCCC(=O)OC[C@@H](COC(=O)CCCCCCC/C=C\C/C=C\CCCC)OC(=O)CCCCCCCCCCCCCCCCCC. The third-order valence-corrected chi connectivity index (χ3v) is 11.4. The van der Waals surface area contributed by atoms with Gasteiger partial charge in [-0.25, -0.2) is 0 Å². The summed E-state index contributed by atoms with van der Waals surface area (Å²) in [6.45, 7) is 6.43. The van der Waals surface area contributed by atoms with Crippen LogP contribution in [-0.4, -0.2) is 37.2 Å². The molecule has 0 heterocycles. The number of esters is 3. The van der Waals surface area contributed by atoms with Gasteiger partial charge < -0.3 is 14.2 Å². The van der Waals surface area contributed by atoms with Gasteiger partial charge >= 0.3 is 17.9 Å². The van der Waals surface area contributed by atoms with E-state index in [1.807, 2.05) is 0 Å². The molecule has 0 aromatic rings. The van der Waals surface area contributed by atoms with E-state index >= 15 is 0 Å². The average molecular weight is 905 g/mol. The smallest absolute Gasteiger partial charge is 0.306 e. The van der Waals surface area contributed by atoms with E-state index in [1.165, 1.54) is 103 Å². The minimum Gasteiger partial charge on any atom is -0.462 e. The highest BCUT2D eigenvalue weighted by Crippen LogP contribution is 2.15. The summed E-state index contributed by atoms with van der Waals surface area (Å²) in [6, 6.07) is 0. The van der Waals surface area contributed by atoms with Crippen molar-refractivity contribution >= 4 is 17.9 Å². The molecule has 6 nitrogen and oxygen atoms in total. The molecule has 0 aliphatic rings. The molecular weight excluding hydrogens is 805 g/mol. The summed E-state index contributed by atoms with van der Waals surface area (Å²) in [5.41, 5.74) is 0. The molecule has 0 saturated carbocycles. The molecule has 0 radical (unpaired) electrons. The van der Waals surface area contributed by atoms with Gasteiger partial charge in [0.25, 0.3) is 0 Å². The predicted octanol–water partition coefficient (Wildman–Crippen LogP) is 18.0. The summed E-state index contributed by atoms with van der Waals surface area (Å²) in [5.74, 6) is -0.969. The molecule has 0 saturated heterocycles. The fourth-order valence-corrected chi connectivity index (χ4v) is 7.32. The number of rotatable bonds is 48. The van der Waals surface area contributed by atoms with E-state index in [2.05, 4.69) is 106 Å². The normalized spacial score (nSPS) is 12.7. The highest BCUT2D eigenvalue weighted by molar-refractivity contribution is 5.71. The molecule has 65 heavy (non-hydrogen) atoms. The third kappa shape index (κ3) is 51.4. The van der Waals surface area contributed by atoms with Gasteiger partial charge in [0.05, 0.1) is 0 Å². The molecule has 0 N–H and O–H groups in total. The molecule has 0 bridgehead atoms. The Balaban J connectivity index is 4.48. The minimum absolute atomic E-state index is 0.100. The van der Waals surface area contributed by atoms with Gasteiger partial charge in [0.1, 0.15) is 13.2 Å². The standard InChI is InChI=1S/C59H100O6/c1-4-7-10-13-16-19-22-25-28-30-32-34-37-40-43-46-49-52-58(61)64-55-56(54-63-57(60)51-48-45-42-39-36-33-27-24-21-18-15-12-9-6-3)65-59(62)53-50-47-44-41-38-35-31-29-26-23-20-17-14-11-8-5-2/h7,10,15-16,18-19,24-25,27-28,32,34,40,43,56H,4-6,8-9,11-14,17,20-23,26,29-31,33,35-39,41-42,44-55H2,1-3H3/b10-7-,18-15-,19-16-,27-24-,28-25-,34-32-,43-40-/t56-/m1/s1. The van der Waals surface area contributed by atoms with Crippen molar-refractivity contribution in [3.63, 3.8) is 0 Å². The zero-order valence-electron chi connectivity index (χ0n) is 42.5. The van der Waals surface area contributed by atoms with E-state index in [-0.39, 0.29) is 37.5 Å². The first-order chi connectivity index (χ1) is 32.0. The van der Waals surface area contributed by atoms with Crippen LogP contribution in [0.3, 0.4) is 0 Å². The summed E-state index contributed by atoms with van der Waals surface area (Å²) >= 11 is 0. The van der Waals surface area contributed by atoms with Crippen LogP contribution >= 0.6 is 0 Å². The largest absolute Gasteiger partial charge is 0.462 e. The molecule has 0 aliphatic heterocycles. The van der Waals surface area contributed by atoms with Gasteiger partial charge in [-0.15, -0.1) is 0 Å². The first-order valence-corrected chi connectivity index (χ1v) is 27.1. The molecular formula is C59H100O6. The van der Waals surface area contributed by atoms with Crippen LogP contribution < -0.4 is 0 Å². The molecule has 0 aromatic carbocycles. The maximum atomic E-state index is 12.8. The number of allylic oxidation sites excluding steroid dienone is 14. The Morgan fingerprint density at radius 3 is 1.05 bits per heavy atom. The second kappa shape index (κ2) is 53.2. The van der Waals surface area contributed by atoms with Crippen molar-refractivity contribution in [3.05, 3.63) is 85.1 Å². The molecule has 0 amide bonds. The van der Waals surface area contributed by atoms with Crippen molar-refractivity contribution in [1.82, 2.24) is 0 Å². The molecule has 0 aromatic heterocycles. The van der Waals surface area contributed by atoms with Crippen LogP contribution in [0.2, 0.25) is 0 Å². The molecule has 0 fully saturated rings.